The Hall–Kier alpha value is -3.33. The molecule has 22 heavy (non-hydrogen) atoms. The fourth-order valence-corrected chi connectivity index (χ4v) is 2.40. The second kappa shape index (κ2) is 5.22. The van der Waals surface area contributed by atoms with Crippen LogP contribution in [-0.4, -0.2) is 22.2 Å². The number of rotatable bonds is 2. The molecule has 6 heteroatoms. The van der Waals surface area contributed by atoms with E-state index in [1.165, 1.54) is 7.11 Å². The number of nitriles is 1. The van der Waals surface area contributed by atoms with Crippen molar-refractivity contribution < 1.29 is 9.84 Å². The third-order valence-electron chi connectivity index (χ3n) is 3.39. The zero-order valence-corrected chi connectivity index (χ0v) is 11.7. The first-order chi connectivity index (χ1) is 10.7. The Balaban J connectivity index is 2.47. The molecule has 0 amide bonds. The molecule has 0 aliphatic rings. The van der Waals surface area contributed by atoms with Crippen molar-refractivity contribution in [3.8, 4) is 28.7 Å². The van der Waals surface area contributed by atoms with Crippen molar-refractivity contribution in [2.45, 2.75) is 0 Å². The van der Waals surface area contributed by atoms with Gasteiger partial charge in [0.1, 0.15) is 17.5 Å². The van der Waals surface area contributed by atoms with Gasteiger partial charge in [0.25, 0.3) is 0 Å². The summed E-state index contributed by atoms with van der Waals surface area (Å²) >= 11 is 0. The molecule has 3 N–H and O–H groups in total. The Labute approximate surface area is 126 Å². The Morgan fingerprint density at radius 1 is 1.27 bits per heavy atom. The molecule has 108 valence electrons. The normalized spacial score (nSPS) is 10.4. The van der Waals surface area contributed by atoms with Crippen LogP contribution in [0.1, 0.15) is 5.56 Å². The molecule has 0 atom stereocenters. The molecule has 0 radical (unpaired) electrons. The minimum Gasteiger partial charge on any atom is -0.504 e. The van der Waals surface area contributed by atoms with Crippen molar-refractivity contribution >= 4 is 16.9 Å². The van der Waals surface area contributed by atoms with Gasteiger partial charge in [-0.2, -0.15) is 5.26 Å². The van der Waals surface area contributed by atoms with Crippen molar-refractivity contribution in [3.63, 3.8) is 0 Å². The molecule has 0 spiro atoms. The van der Waals surface area contributed by atoms with Gasteiger partial charge in [-0.25, -0.2) is 9.97 Å². The number of methoxy groups -OCH3 is 1. The van der Waals surface area contributed by atoms with Gasteiger partial charge in [-0.15, -0.1) is 0 Å². The van der Waals surface area contributed by atoms with E-state index in [1.807, 2.05) is 0 Å². The molecule has 3 rings (SSSR count). The van der Waals surface area contributed by atoms with E-state index in [-0.39, 0.29) is 17.1 Å². The van der Waals surface area contributed by atoms with Crippen LogP contribution in [0.15, 0.2) is 36.5 Å². The van der Waals surface area contributed by atoms with Crippen LogP contribution in [0.5, 0.6) is 11.5 Å². The number of phenols is 1. The van der Waals surface area contributed by atoms with Gasteiger partial charge in [0, 0.05) is 22.7 Å². The van der Waals surface area contributed by atoms with Crippen molar-refractivity contribution in [3.05, 3.63) is 42.1 Å². The zero-order valence-electron chi connectivity index (χ0n) is 11.7. The lowest BCUT2D eigenvalue weighted by molar-refractivity contribution is 0.374. The smallest absolute Gasteiger partial charge is 0.165 e. The first-order valence-electron chi connectivity index (χ1n) is 6.48. The summed E-state index contributed by atoms with van der Waals surface area (Å²) in [6.07, 6.45) is 1.59. The Bertz CT molecular complexity index is 916. The lowest BCUT2D eigenvalue weighted by Gasteiger charge is -2.13. The maximum atomic E-state index is 10.4. The van der Waals surface area contributed by atoms with Gasteiger partial charge < -0.3 is 15.6 Å². The van der Waals surface area contributed by atoms with Crippen LogP contribution in [-0.2, 0) is 0 Å². The number of aromatic nitrogens is 2. The van der Waals surface area contributed by atoms with Crippen molar-refractivity contribution in [1.82, 2.24) is 9.97 Å². The number of anilines is 1. The summed E-state index contributed by atoms with van der Waals surface area (Å²) in [5.41, 5.74) is 7.42. The van der Waals surface area contributed by atoms with Gasteiger partial charge in [0.15, 0.2) is 17.1 Å². The van der Waals surface area contributed by atoms with Gasteiger partial charge >= 0.3 is 0 Å². The highest BCUT2D eigenvalue weighted by atomic mass is 16.5. The maximum Gasteiger partial charge on any atom is 0.165 e. The summed E-state index contributed by atoms with van der Waals surface area (Å²) < 4.78 is 5.13. The van der Waals surface area contributed by atoms with Crippen LogP contribution in [0.25, 0.3) is 22.2 Å². The molecule has 3 aromatic rings. The summed E-state index contributed by atoms with van der Waals surface area (Å²) in [4.78, 5) is 8.30. The molecule has 0 aliphatic carbocycles. The molecule has 1 aromatic carbocycles. The lowest BCUT2D eigenvalue weighted by Crippen LogP contribution is -2.00. The van der Waals surface area contributed by atoms with E-state index in [4.69, 9.17) is 10.5 Å². The fourth-order valence-electron chi connectivity index (χ4n) is 2.40. The number of ether oxygens (including phenoxy) is 1. The molecular weight excluding hydrogens is 280 g/mol. The number of aromatic hydroxyl groups is 1. The zero-order chi connectivity index (χ0) is 15.7. The summed E-state index contributed by atoms with van der Waals surface area (Å²) in [5, 5.41) is 20.5. The van der Waals surface area contributed by atoms with E-state index in [9.17, 15) is 10.4 Å². The van der Waals surface area contributed by atoms with Crippen LogP contribution >= 0.6 is 0 Å². The first kappa shape index (κ1) is 13.6. The summed E-state index contributed by atoms with van der Waals surface area (Å²) in [6.45, 7) is 0. The van der Waals surface area contributed by atoms with Crippen molar-refractivity contribution in [1.29, 1.82) is 5.26 Å². The fraction of sp³-hybridized carbons (Fsp3) is 0.0625. The highest BCUT2D eigenvalue weighted by Crippen LogP contribution is 2.41. The first-order valence-corrected chi connectivity index (χ1v) is 6.48. The molecule has 0 bridgehead atoms. The Morgan fingerprint density at radius 2 is 2.09 bits per heavy atom. The lowest BCUT2D eigenvalue weighted by atomic mass is 9.96. The van der Waals surface area contributed by atoms with Crippen LogP contribution in [0.2, 0.25) is 0 Å². The molecule has 0 aliphatic heterocycles. The number of hydrogen-bond donors (Lipinski definition) is 2. The predicted molar refractivity (Wildman–Crippen MR) is 82.3 cm³/mol. The summed E-state index contributed by atoms with van der Waals surface area (Å²) in [6, 6.07) is 10.6. The number of nitrogens with two attached hydrogens (primary N) is 1. The molecule has 0 saturated carbocycles. The Kier molecular flexibility index (Phi) is 3.24. The average Bonchev–Trinajstić information content (AvgIpc) is 2.54. The monoisotopic (exact) mass is 292 g/mol. The van der Waals surface area contributed by atoms with Crippen LogP contribution in [0.4, 0.5) is 5.82 Å². The SMILES string of the molecule is COc1cccc(-c2c(C#N)c(N)nc3ncccc23)c1O. The van der Waals surface area contributed by atoms with Crippen LogP contribution < -0.4 is 10.5 Å². The second-order valence-electron chi connectivity index (χ2n) is 4.59. The molecule has 2 heterocycles. The van der Waals surface area contributed by atoms with E-state index < -0.39 is 0 Å². The molecule has 0 saturated heterocycles. The number of nitrogen functional groups attached to an aromatic ring is 1. The predicted octanol–water partition coefficient (Wildman–Crippen LogP) is 2.46. The van der Waals surface area contributed by atoms with Gasteiger partial charge in [-0.3, -0.25) is 0 Å². The minimum atomic E-state index is -0.0581. The average molecular weight is 292 g/mol. The molecule has 0 unspecified atom stereocenters. The van der Waals surface area contributed by atoms with Gasteiger partial charge in [-0.05, 0) is 18.2 Å². The number of fused-ring (bicyclic) bond motifs is 1. The van der Waals surface area contributed by atoms with E-state index in [0.29, 0.717) is 27.9 Å². The van der Waals surface area contributed by atoms with Gasteiger partial charge in [0.2, 0.25) is 0 Å². The highest BCUT2D eigenvalue weighted by Gasteiger charge is 2.19. The number of nitrogens with zero attached hydrogens (tertiary/aromatic N) is 3. The molecule has 2 aromatic heterocycles. The maximum absolute atomic E-state index is 10.4. The topological polar surface area (TPSA) is 105 Å². The van der Waals surface area contributed by atoms with E-state index >= 15 is 0 Å². The number of pyridine rings is 2. The largest absolute Gasteiger partial charge is 0.504 e. The molecule has 0 fully saturated rings. The standard InChI is InChI=1S/C16H12N4O2/c1-22-12-6-2-4-9(14(12)21)13-10-5-3-7-19-16(10)20-15(18)11(13)8-17/h2-7,21H,1H3,(H2,18,19,20). The van der Waals surface area contributed by atoms with E-state index in [0.717, 1.165) is 0 Å². The van der Waals surface area contributed by atoms with Gasteiger partial charge in [-0.1, -0.05) is 12.1 Å². The summed E-state index contributed by atoms with van der Waals surface area (Å²) in [7, 11) is 1.46. The van der Waals surface area contributed by atoms with Crippen LogP contribution in [0.3, 0.4) is 0 Å². The van der Waals surface area contributed by atoms with Gasteiger partial charge in [0.05, 0.1) is 7.11 Å². The third-order valence-corrected chi connectivity index (χ3v) is 3.39. The number of benzene rings is 1. The number of phenolic OH excluding ortho intramolecular Hbond substituents is 1. The summed E-state index contributed by atoms with van der Waals surface area (Å²) in [5.74, 6) is 0.331. The van der Waals surface area contributed by atoms with E-state index in [1.54, 1.807) is 36.5 Å². The number of hydrogen-bond acceptors (Lipinski definition) is 6. The highest BCUT2D eigenvalue weighted by molar-refractivity contribution is 5.99. The molecular formula is C16H12N4O2. The number of para-hydroxylation sites is 1. The van der Waals surface area contributed by atoms with Crippen molar-refractivity contribution in [2.24, 2.45) is 0 Å². The van der Waals surface area contributed by atoms with E-state index in [2.05, 4.69) is 16.0 Å². The van der Waals surface area contributed by atoms with Crippen molar-refractivity contribution in [2.75, 3.05) is 12.8 Å². The van der Waals surface area contributed by atoms with Crippen LogP contribution in [0, 0.1) is 11.3 Å². The minimum absolute atomic E-state index is 0.0581. The third kappa shape index (κ3) is 1.96. The quantitative estimate of drug-likeness (QED) is 0.751. The Morgan fingerprint density at radius 3 is 2.82 bits per heavy atom. The second-order valence-corrected chi connectivity index (χ2v) is 4.59. The molecule has 6 nitrogen and oxygen atoms in total.